The quantitative estimate of drug-likeness (QED) is 0.847. The van der Waals surface area contributed by atoms with E-state index in [0.29, 0.717) is 6.04 Å². The van der Waals surface area contributed by atoms with Crippen LogP contribution < -0.4 is 5.32 Å². The fourth-order valence-corrected chi connectivity index (χ4v) is 2.95. The Morgan fingerprint density at radius 2 is 2.21 bits per heavy atom. The van der Waals surface area contributed by atoms with Crippen molar-refractivity contribution in [3.8, 4) is 0 Å². The summed E-state index contributed by atoms with van der Waals surface area (Å²) in [6.07, 6.45) is 3.93. The van der Waals surface area contributed by atoms with Crippen molar-refractivity contribution < 1.29 is 0 Å². The van der Waals surface area contributed by atoms with Gasteiger partial charge in [0.25, 0.3) is 0 Å². The molecule has 5 heteroatoms. The molecule has 0 spiro atoms. The van der Waals surface area contributed by atoms with Crippen LogP contribution in [0.4, 0.5) is 0 Å². The molecule has 0 aliphatic carbocycles. The number of nitrogens with zero attached hydrogens (tertiary/aromatic N) is 3. The smallest absolute Gasteiger partial charge is 0.0794 e. The molecule has 0 amide bonds. The van der Waals surface area contributed by atoms with Crippen LogP contribution in [0.2, 0.25) is 0 Å². The largest absolute Gasteiger partial charge is 0.309 e. The zero-order chi connectivity index (χ0) is 13.7. The average Bonchev–Trinajstić information content (AvgIpc) is 3.07. The van der Waals surface area contributed by atoms with Crippen molar-refractivity contribution in [2.24, 2.45) is 0 Å². The van der Waals surface area contributed by atoms with Crippen molar-refractivity contribution in [1.29, 1.82) is 0 Å². The van der Waals surface area contributed by atoms with E-state index >= 15 is 0 Å². The predicted octanol–water partition coefficient (Wildman–Crippen LogP) is 2.82. The van der Waals surface area contributed by atoms with Crippen LogP contribution in [0.15, 0.2) is 17.8 Å². The zero-order valence-electron chi connectivity index (χ0n) is 11.9. The Morgan fingerprint density at radius 3 is 2.79 bits per heavy atom. The summed E-state index contributed by atoms with van der Waals surface area (Å²) < 4.78 is 2.12. The summed E-state index contributed by atoms with van der Waals surface area (Å²) in [7, 11) is 0. The second-order valence-electron chi connectivity index (χ2n) is 4.51. The molecular weight excluding hydrogens is 256 g/mol. The summed E-state index contributed by atoms with van der Waals surface area (Å²) in [5, 5.41) is 8.16. The molecule has 0 fully saturated rings. The van der Waals surface area contributed by atoms with Crippen molar-refractivity contribution in [3.05, 3.63) is 34.0 Å². The lowest BCUT2D eigenvalue weighted by atomic mass is 10.1. The predicted molar refractivity (Wildman–Crippen MR) is 79.5 cm³/mol. The highest BCUT2D eigenvalue weighted by Gasteiger charge is 2.16. The molecule has 104 valence electrons. The first kappa shape index (κ1) is 14.2. The van der Waals surface area contributed by atoms with Crippen LogP contribution in [-0.4, -0.2) is 21.3 Å². The van der Waals surface area contributed by atoms with Crippen LogP contribution >= 0.6 is 11.3 Å². The van der Waals surface area contributed by atoms with Gasteiger partial charge in [-0.25, -0.2) is 0 Å². The minimum atomic E-state index is 0.337. The lowest BCUT2D eigenvalue weighted by Crippen LogP contribution is -2.23. The molecule has 0 saturated heterocycles. The maximum absolute atomic E-state index is 4.62. The Labute approximate surface area is 118 Å². The number of aromatic nitrogens is 3. The number of hydrogen-bond acceptors (Lipinski definition) is 4. The topological polar surface area (TPSA) is 42.7 Å². The zero-order valence-corrected chi connectivity index (χ0v) is 12.7. The second kappa shape index (κ2) is 6.82. The normalized spacial score (nSPS) is 12.8. The van der Waals surface area contributed by atoms with E-state index in [2.05, 4.69) is 46.9 Å². The number of aryl methyl sites for hydroxylation is 2. The van der Waals surface area contributed by atoms with Gasteiger partial charge in [-0.3, -0.25) is 9.67 Å². The molecule has 2 aromatic rings. The Hall–Kier alpha value is -1.20. The van der Waals surface area contributed by atoms with E-state index in [1.54, 1.807) is 11.3 Å². The second-order valence-corrected chi connectivity index (χ2v) is 5.43. The van der Waals surface area contributed by atoms with E-state index < -0.39 is 0 Å². The van der Waals surface area contributed by atoms with E-state index in [1.165, 1.54) is 16.3 Å². The van der Waals surface area contributed by atoms with Gasteiger partial charge in [0, 0.05) is 35.8 Å². The molecule has 0 aliphatic rings. The summed E-state index contributed by atoms with van der Waals surface area (Å²) in [6, 6.07) is 2.57. The minimum Gasteiger partial charge on any atom is -0.309 e. The minimum absolute atomic E-state index is 0.337. The van der Waals surface area contributed by atoms with E-state index in [1.807, 2.05) is 11.7 Å². The van der Waals surface area contributed by atoms with E-state index in [0.717, 1.165) is 25.9 Å². The maximum atomic E-state index is 4.62. The van der Waals surface area contributed by atoms with Gasteiger partial charge in [-0.15, -0.1) is 11.3 Å². The molecule has 0 aromatic carbocycles. The molecule has 0 saturated carbocycles. The molecule has 2 aromatic heterocycles. The number of thiazole rings is 1. The third-order valence-corrected chi connectivity index (χ3v) is 4.12. The highest BCUT2D eigenvalue weighted by Crippen LogP contribution is 2.22. The first-order valence-electron chi connectivity index (χ1n) is 6.95. The fourth-order valence-electron chi connectivity index (χ4n) is 2.25. The van der Waals surface area contributed by atoms with E-state index in [-0.39, 0.29) is 0 Å². The summed E-state index contributed by atoms with van der Waals surface area (Å²) >= 11 is 1.71. The van der Waals surface area contributed by atoms with Crippen LogP contribution in [-0.2, 0) is 19.4 Å². The van der Waals surface area contributed by atoms with Crippen LogP contribution in [0.1, 0.15) is 43.1 Å². The van der Waals surface area contributed by atoms with Crippen molar-refractivity contribution in [1.82, 2.24) is 20.1 Å². The first-order valence-corrected chi connectivity index (χ1v) is 7.83. The third-order valence-electron chi connectivity index (χ3n) is 3.23. The summed E-state index contributed by atoms with van der Waals surface area (Å²) in [6.45, 7) is 8.32. The van der Waals surface area contributed by atoms with Gasteiger partial charge in [0.05, 0.1) is 11.2 Å². The molecule has 0 aliphatic heterocycles. The number of hydrogen-bond donors (Lipinski definition) is 1. The molecular formula is C14H22N4S. The first-order chi connectivity index (χ1) is 9.28. The molecule has 1 atom stereocenters. The third kappa shape index (κ3) is 3.42. The highest BCUT2D eigenvalue weighted by atomic mass is 32.1. The van der Waals surface area contributed by atoms with Gasteiger partial charge in [-0.2, -0.15) is 5.10 Å². The molecule has 19 heavy (non-hydrogen) atoms. The molecule has 2 heterocycles. The number of nitrogens with one attached hydrogen (secondary N) is 1. The Balaban J connectivity index is 2.19. The lowest BCUT2D eigenvalue weighted by Gasteiger charge is -2.16. The summed E-state index contributed by atoms with van der Waals surface area (Å²) in [4.78, 5) is 5.48. The van der Waals surface area contributed by atoms with Crippen molar-refractivity contribution in [3.63, 3.8) is 0 Å². The van der Waals surface area contributed by atoms with Crippen molar-refractivity contribution in [2.75, 3.05) is 6.54 Å². The van der Waals surface area contributed by atoms with Gasteiger partial charge >= 0.3 is 0 Å². The average molecular weight is 278 g/mol. The monoisotopic (exact) mass is 278 g/mol. The Bertz CT molecular complexity index is 490. The lowest BCUT2D eigenvalue weighted by molar-refractivity contribution is 0.521. The Morgan fingerprint density at radius 1 is 1.37 bits per heavy atom. The van der Waals surface area contributed by atoms with Gasteiger partial charge in [0.15, 0.2) is 0 Å². The molecule has 1 unspecified atom stereocenters. The molecule has 1 N–H and O–H groups in total. The van der Waals surface area contributed by atoms with E-state index in [4.69, 9.17) is 0 Å². The van der Waals surface area contributed by atoms with Gasteiger partial charge < -0.3 is 5.32 Å². The molecule has 0 radical (unpaired) electrons. The van der Waals surface area contributed by atoms with Crippen LogP contribution in [0.3, 0.4) is 0 Å². The van der Waals surface area contributed by atoms with Gasteiger partial charge in [0.1, 0.15) is 0 Å². The fraction of sp³-hybridized carbons (Fsp3) is 0.571. The van der Waals surface area contributed by atoms with Crippen LogP contribution in [0.25, 0.3) is 0 Å². The van der Waals surface area contributed by atoms with Gasteiger partial charge in [-0.05, 0) is 26.0 Å². The van der Waals surface area contributed by atoms with Crippen molar-refractivity contribution >= 4 is 11.3 Å². The molecule has 2 rings (SSSR count). The van der Waals surface area contributed by atoms with Crippen LogP contribution in [0.5, 0.6) is 0 Å². The van der Waals surface area contributed by atoms with Gasteiger partial charge in [-0.1, -0.05) is 13.8 Å². The number of rotatable bonds is 7. The number of likely N-dealkylation sites (N-methyl/N-ethyl adjacent to an activating group) is 1. The SMILES string of the molecule is CCNC(Cc1cc(CC)nn1CC)c1cncs1. The van der Waals surface area contributed by atoms with E-state index in [9.17, 15) is 0 Å². The summed E-state index contributed by atoms with van der Waals surface area (Å²) in [5.41, 5.74) is 4.38. The molecule has 0 bridgehead atoms. The van der Waals surface area contributed by atoms with Crippen molar-refractivity contribution in [2.45, 2.75) is 46.2 Å². The van der Waals surface area contributed by atoms with Gasteiger partial charge in [0.2, 0.25) is 0 Å². The highest BCUT2D eigenvalue weighted by molar-refractivity contribution is 7.09. The Kier molecular flexibility index (Phi) is 5.10. The summed E-state index contributed by atoms with van der Waals surface area (Å²) in [5.74, 6) is 0. The molecule has 4 nitrogen and oxygen atoms in total. The van der Waals surface area contributed by atoms with Crippen LogP contribution in [0, 0.1) is 0 Å². The maximum Gasteiger partial charge on any atom is 0.0794 e. The standard InChI is InChI=1S/C14H22N4S/c1-4-11-7-12(18(6-3)17-11)8-13(16-5-2)14-9-15-10-19-14/h7,9-10,13,16H,4-6,8H2,1-3H3.